The van der Waals surface area contributed by atoms with E-state index < -0.39 is 24.4 Å². The van der Waals surface area contributed by atoms with Crippen molar-refractivity contribution in [1.82, 2.24) is 9.80 Å². The smallest absolute Gasteiger partial charge is 0.0667 e. The van der Waals surface area contributed by atoms with Gasteiger partial charge < -0.3 is 20.4 Å². The van der Waals surface area contributed by atoms with E-state index >= 15 is 0 Å². The lowest BCUT2D eigenvalue weighted by molar-refractivity contribution is 0.0345. The molecular formula is C74H152N2O4. The Labute approximate surface area is 504 Å². The van der Waals surface area contributed by atoms with Gasteiger partial charge in [-0.1, -0.05) is 387 Å². The molecule has 0 spiro atoms. The van der Waals surface area contributed by atoms with Crippen molar-refractivity contribution in [3.63, 3.8) is 0 Å². The van der Waals surface area contributed by atoms with Crippen molar-refractivity contribution in [2.75, 3.05) is 39.3 Å². The molecule has 0 fully saturated rings. The van der Waals surface area contributed by atoms with Gasteiger partial charge >= 0.3 is 0 Å². The Hall–Kier alpha value is -0.240. The molecule has 0 amide bonds. The van der Waals surface area contributed by atoms with Gasteiger partial charge in [-0.05, 0) is 25.7 Å². The van der Waals surface area contributed by atoms with Crippen LogP contribution in [-0.4, -0.2) is 93.9 Å². The van der Waals surface area contributed by atoms with Crippen LogP contribution in [0.25, 0.3) is 0 Å². The maximum absolute atomic E-state index is 11.5. The largest absolute Gasteiger partial charge is 0.392 e. The van der Waals surface area contributed by atoms with Gasteiger partial charge in [0.15, 0.2) is 0 Å². The number of hydrogen-bond donors (Lipinski definition) is 4. The Balaban J connectivity index is 5.25. The molecule has 0 heterocycles. The van der Waals surface area contributed by atoms with Crippen LogP contribution < -0.4 is 0 Å². The Morgan fingerprint density at radius 1 is 0.175 bits per heavy atom. The first kappa shape index (κ1) is 79.8. The molecule has 482 valence electrons. The summed E-state index contributed by atoms with van der Waals surface area (Å²) in [5.74, 6) is 0. The highest BCUT2D eigenvalue weighted by atomic mass is 16.3. The van der Waals surface area contributed by atoms with E-state index in [0.717, 1.165) is 64.5 Å². The molecule has 6 nitrogen and oxygen atoms in total. The molecule has 6 heteroatoms. The third-order valence-corrected chi connectivity index (χ3v) is 18.2. The zero-order valence-corrected chi connectivity index (χ0v) is 55.7. The maximum atomic E-state index is 11.5. The highest BCUT2D eigenvalue weighted by Gasteiger charge is 2.21. The van der Waals surface area contributed by atoms with Crippen molar-refractivity contribution in [2.45, 2.75) is 437 Å². The van der Waals surface area contributed by atoms with Crippen molar-refractivity contribution in [3.8, 4) is 0 Å². The summed E-state index contributed by atoms with van der Waals surface area (Å²) in [6, 6.07) is 0. The summed E-state index contributed by atoms with van der Waals surface area (Å²) in [5, 5.41) is 45.9. The first-order valence-electron chi connectivity index (χ1n) is 37.5. The summed E-state index contributed by atoms with van der Waals surface area (Å²) < 4.78 is 0. The molecule has 0 radical (unpaired) electrons. The number of hydrogen-bond acceptors (Lipinski definition) is 6. The predicted molar refractivity (Wildman–Crippen MR) is 357 cm³/mol. The van der Waals surface area contributed by atoms with Gasteiger partial charge in [-0.25, -0.2) is 0 Å². The minimum Gasteiger partial charge on any atom is -0.392 e. The third-order valence-electron chi connectivity index (χ3n) is 18.2. The molecule has 0 rings (SSSR count). The van der Waals surface area contributed by atoms with Crippen LogP contribution in [0.4, 0.5) is 0 Å². The molecule has 80 heavy (non-hydrogen) atoms. The predicted octanol–water partition coefficient (Wildman–Crippen LogP) is 22.5. The first-order chi connectivity index (χ1) is 39.4. The third kappa shape index (κ3) is 63.8. The highest BCUT2D eigenvalue weighted by molar-refractivity contribution is 4.75. The van der Waals surface area contributed by atoms with Crippen LogP contribution in [-0.2, 0) is 0 Å². The zero-order chi connectivity index (χ0) is 58.1. The molecule has 0 saturated carbocycles. The van der Waals surface area contributed by atoms with E-state index in [1.165, 1.54) is 334 Å². The fraction of sp³-hybridized carbons (Fsp3) is 1.00. The highest BCUT2D eigenvalue weighted by Crippen LogP contribution is 2.20. The average Bonchev–Trinajstić information content (AvgIpc) is 3.44. The van der Waals surface area contributed by atoms with E-state index in [1.54, 1.807) is 0 Å². The van der Waals surface area contributed by atoms with Gasteiger partial charge in [0.25, 0.3) is 0 Å². The van der Waals surface area contributed by atoms with Crippen LogP contribution in [0.1, 0.15) is 413 Å². The Morgan fingerprint density at radius 2 is 0.287 bits per heavy atom. The lowest BCUT2D eigenvalue weighted by atomic mass is 10.0. The van der Waals surface area contributed by atoms with Crippen molar-refractivity contribution in [1.29, 1.82) is 0 Å². The number of aliphatic hydroxyl groups excluding tert-OH is 4. The number of rotatable bonds is 71. The molecule has 0 bridgehead atoms. The summed E-state index contributed by atoms with van der Waals surface area (Å²) in [4.78, 5) is 4.66. The molecular weight excluding hydrogens is 981 g/mol. The fourth-order valence-corrected chi connectivity index (χ4v) is 12.7. The number of nitrogens with zero attached hydrogens (tertiary/aromatic N) is 2. The summed E-state index contributed by atoms with van der Waals surface area (Å²) >= 11 is 0. The van der Waals surface area contributed by atoms with Crippen molar-refractivity contribution < 1.29 is 20.4 Å². The van der Waals surface area contributed by atoms with Gasteiger partial charge in [0.2, 0.25) is 0 Å². The van der Waals surface area contributed by atoms with E-state index in [2.05, 4.69) is 37.5 Å². The standard InChI is InChI=1S/C74H152N2O4/c1-5-9-13-17-21-25-29-33-37-41-45-49-53-57-61-71(77)67-75(68-72(78)62-58-54-50-46-42-38-34-30-26-22-18-14-10-6-2)65-66-76(69-73(79)63-59-55-51-47-43-39-35-31-27-23-19-15-11-7-3)70-74(80)64-60-56-52-48-44-40-36-32-28-24-20-16-12-8-4/h71-74,77-80H,5-70H2,1-4H3. The Kier molecular flexibility index (Phi) is 67.7. The molecule has 0 aromatic carbocycles. The number of aliphatic hydroxyl groups is 4. The summed E-state index contributed by atoms with van der Waals surface area (Å²) in [7, 11) is 0. The van der Waals surface area contributed by atoms with Crippen LogP contribution in [0.5, 0.6) is 0 Å². The van der Waals surface area contributed by atoms with Crippen molar-refractivity contribution in [3.05, 3.63) is 0 Å². The van der Waals surface area contributed by atoms with Crippen LogP contribution in [0, 0.1) is 0 Å². The molecule has 0 aromatic heterocycles. The minimum atomic E-state index is -0.397. The lowest BCUT2D eigenvalue weighted by Crippen LogP contribution is -2.45. The lowest BCUT2D eigenvalue weighted by Gasteiger charge is -2.32. The van der Waals surface area contributed by atoms with E-state index in [1.807, 2.05) is 0 Å². The van der Waals surface area contributed by atoms with Gasteiger partial charge in [0.05, 0.1) is 24.4 Å². The SMILES string of the molecule is CCCCCCCCCCCCCCCCC(O)CN(CCN(CC(O)CCCCCCCCCCCCCCCC)CC(O)CCCCCCCCCCCCCCCC)CC(O)CCCCCCCCCCCCCCCC. The maximum Gasteiger partial charge on any atom is 0.0667 e. The van der Waals surface area contributed by atoms with Gasteiger partial charge in [-0.2, -0.15) is 0 Å². The molecule has 0 aromatic rings. The number of unbranched alkanes of at least 4 members (excludes halogenated alkanes) is 52. The van der Waals surface area contributed by atoms with Crippen molar-refractivity contribution >= 4 is 0 Å². The quantitative estimate of drug-likeness (QED) is 0.0454. The summed E-state index contributed by atoms with van der Waals surface area (Å²) in [6.45, 7) is 13.0. The molecule has 4 N–H and O–H groups in total. The van der Waals surface area contributed by atoms with Crippen LogP contribution >= 0.6 is 0 Å². The first-order valence-corrected chi connectivity index (χ1v) is 37.5. The molecule has 0 aliphatic carbocycles. The topological polar surface area (TPSA) is 87.4 Å². The molecule has 4 unspecified atom stereocenters. The Bertz CT molecular complexity index is 946. The van der Waals surface area contributed by atoms with E-state index in [9.17, 15) is 20.4 Å². The molecule has 4 atom stereocenters. The van der Waals surface area contributed by atoms with Gasteiger partial charge in [0, 0.05) is 39.3 Å². The van der Waals surface area contributed by atoms with Crippen LogP contribution in [0.15, 0.2) is 0 Å². The van der Waals surface area contributed by atoms with Gasteiger partial charge in [-0.15, -0.1) is 0 Å². The van der Waals surface area contributed by atoms with Crippen LogP contribution in [0.2, 0.25) is 0 Å². The summed E-state index contributed by atoms with van der Waals surface area (Å²) in [5.41, 5.74) is 0. The minimum absolute atomic E-state index is 0.397. The second-order valence-electron chi connectivity index (χ2n) is 26.7. The van der Waals surface area contributed by atoms with Gasteiger partial charge in [-0.3, -0.25) is 9.80 Å². The average molecular weight is 1130 g/mol. The molecule has 0 aliphatic rings. The zero-order valence-electron chi connectivity index (χ0n) is 55.7. The normalized spacial score (nSPS) is 13.6. The molecule has 0 saturated heterocycles. The van der Waals surface area contributed by atoms with Crippen LogP contribution in [0.3, 0.4) is 0 Å². The van der Waals surface area contributed by atoms with Crippen molar-refractivity contribution in [2.24, 2.45) is 0 Å². The van der Waals surface area contributed by atoms with E-state index in [-0.39, 0.29) is 0 Å². The van der Waals surface area contributed by atoms with Gasteiger partial charge in [0.1, 0.15) is 0 Å². The second-order valence-corrected chi connectivity index (χ2v) is 26.7. The van der Waals surface area contributed by atoms with E-state index in [4.69, 9.17) is 0 Å². The monoisotopic (exact) mass is 1130 g/mol. The molecule has 0 aliphatic heterocycles. The Morgan fingerprint density at radius 3 is 0.412 bits per heavy atom. The van der Waals surface area contributed by atoms with E-state index in [0.29, 0.717) is 26.2 Å². The fourth-order valence-electron chi connectivity index (χ4n) is 12.7. The second kappa shape index (κ2) is 67.9. The summed E-state index contributed by atoms with van der Waals surface area (Å²) in [6.07, 6.45) is 76.7.